The number of hydrogen-bond acceptors (Lipinski definition) is 2. The number of allylic oxidation sites excluding steroid dienone is 3. The van der Waals surface area contributed by atoms with E-state index in [-0.39, 0.29) is 23.7 Å². The maximum atomic E-state index is 11.6. The van der Waals surface area contributed by atoms with Crippen molar-refractivity contribution in [1.82, 2.24) is 5.32 Å². The van der Waals surface area contributed by atoms with E-state index in [1.807, 2.05) is 0 Å². The lowest BCUT2D eigenvalue weighted by atomic mass is 9.58. The van der Waals surface area contributed by atoms with Crippen LogP contribution in [-0.2, 0) is 9.53 Å². The number of ether oxygens (including phenoxy) is 1. The molecule has 0 spiro atoms. The first-order valence-electron chi connectivity index (χ1n) is 9.87. The summed E-state index contributed by atoms with van der Waals surface area (Å²) in [5, 5.41) is 3.03. The summed E-state index contributed by atoms with van der Waals surface area (Å²) in [5.41, 5.74) is 4.40. The molecule has 1 fully saturated rings. The minimum Gasteiger partial charge on any atom is -0.350 e. The van der Waals surface area contributed by atoms with Crippen molar-refractivity contribution < 1.29 is 9.53 Å². The van der Waals surface area contributed by atoms with Crippen molar-refractivity contribution in [2.45, 2.75) is 92.9 Å². The number of carbonyl (C=O) groups is 1. The zero-order valence-corrected chi connectivity index (χ0v) is 17.2. The smallest absolute Gasteiger partial charge is 0.218 e. The summed E-state index contributed by atoms with van der Waals surface area (Å²) in [7, 11) is 0. The first-order valence-corrected chi connectivity index (χ1v) is 9.87. The Bertz CT molecular complexity index is 558. The quantitative estimate of drug-likeness (QED) is 0.679. The Morgan fingerprint density at radius 1 is 1.36 bits per heavy atom. The molecule has 1 aliphatic heterocycles. The summed E-state index contributed by atoms with van der Waals surface area (Å²) in [4.78, 5) is 11.6. The molecule has 0 aromatic carbocycles. The molecular weight excluding hydrogens is 310 g/mol. The monoisotopic (exact) mass is 347 g/mol. The van der Waals surface area contributed by atoms with Crippen LogP contribution in [0.15, 0.2) is 22.8 Å². The third-order valence-electron chi connectivity index (χ3n) is 6.55. The molecule has 0 saturated carbocycles. The maximum Gasteiger partial charge on any atom is 0.218 e. The van der Waals surface area contributed by atoms with Gasteiger partial charge in [-0.3, -0.25) is 4.79 Å². The molecule has 1 N–H and O–H groups in total. The summed E-state index contributed by atoms with van der Waals surface area (Å²) in [5.74, 6) is 1.19. The Hall–Kier alpha value is -1.09. The van der Waals surface area contributed by atoms with Crippen LogP contribution in [0.5, 0.6) is 0 Å². The van der Waals surface area contributed by atoms with Gasteiger partial charge in [-0.25, -0.2) is 0 Å². The third-order valence-corrected chi connectivity index (χ3v) is 6.55. The Labute approximate surface area is 154 Å². The fourth-order valence-electron chi connectivity index (χ4n) is 4.90. The zero-order valence-electron chi connectivity index (χ0n) is 17.2. The molecule has 142 valence electrons. The predicted octanol–water partition coefficient (Wildman–Crippen LogP) is 5.37. The van der Waals surface area contributed by atoms with Crippen molar-refractivity contribution in [3.8, 4) is 0 Å². The second kappa shape index (κ2) is 8.07. The van der Waals surface area contributed by atoms with E-state index in [1.165, 1.54) is 36.0 Å². The number of rotatable bonds is 5. The van der Waals surface area contributed by atoms with Gasteiger partial charge in [0.15, 0.2) is 0 Å². The number of hydrogen-bond donors (Lipinski definition) is 1. The minimum absolute atomic E-state index is 0.00119. The first-order chi connectivity index (χ1) is 11.6. The van der Waals surface area contributed by atoms with Gasteiger partial charge in [0, 0.05) is 12.3 Å². The molecule has 1 heterocycles. The summed E-state index contributed by atoms with van der Waals surface area (Å²) < 4.78 is 6.41. The highest BCUT2D eigenvalue weighted by Crippen LogP contribution is 2.53. The molecule has 0 aromatic rings. The Kier molecular flexibility index (Phi) is 6.53. The molecule has 2 aliphatic rings. The van der Waals surface area contributed by atoms with E-state index < -0.39 is 0 Å². The Morgan fingerprint density at radius 2 is 2.04 bits per heavy atom. The zero-order chi connectivity index (χ0) is 18.8. The number of nitrogens with one attached hydrogen (secondary N) is 1. The second-order valence-corrected chi connectivity index (χ2v) is 8.85. The van der Waals surface area contributed by atoms with Crippen molar-refractivity contribution in [3.63, 3.8) is 0 Å². The van der Waals surface area contributed by atoms with Crippen LogP contribution >= 0.6 is 0 Å². The molecule has 25 heavy (non-hydrogen) atoms. The van der Waals surface area contributed by atoms with Gasteiger partial charge in [0.25, 0.3) is 0 Å². The predicted molar refractivity (Wildman–Crippen MR) is 104 cm³/mol. The fraction of sp³-hybridized carbons (Fsp3) is 0.773. The van der Waals surface area contributed by atoms with Crippen LogP contribution in [-0.4, -0.2) is 18.2 Å². The molecule has 0 aromatic heterocycles. The van der Waals surface area contributed by atoms with Crippen LogP contribution in [0.3, 0.4) is 0 Å². The summed E-state index contributed by atoms with van der Waals surface area (Å²) in [6.45, 7) is 15.2. The van der Waals surface area contributed by atoms with Crippen LogP contribution in [0.25, 0.3) is 0 Å². The highest BCUT2D eigenvalue weighted by Gasteiger charge is 2.51. The maximum absolute atomic E-state index is 11.6. The van der Waals surface area contributed by atoms with Gasteiger partial charge >= 0.3 is 0 Å². The molecule has 1 aliphatic carbocycles. The topological polar surface area (TPSA) is 38.3 Å². The molecule has 0 radical (unpaired) electrons. The Balaban J connectivity index is 2.24. The van der Waals surface area contributed by atoms with Crippen LogP contribution in [0.1, 0.15) is 80.6 Å². The molecule has 3 heteroatoms. The van der Waals surface area contributed by atoms with Gasteiger partial charge in [0.1, 0.15) is 6.23 Å². The van der Waals surface area contributed by atoms with Gasteiger partial charge in [0.2, 0.25) is 5.91 Å². The van der Waals surface area contributed by atoms with E-state index in [0.29, 0.717) is 11.8 Å². The Morgan fingerprint density at radius 3 is 2.64 bits per heavy atom. The summed E-state index contributed by atoms with van der Waals surface area (Å²) in [6, 6.07) is 0. The van der Waals surface area contributed by atoms with Crippen LogP contribution in [0, 0.1) is 17.3 Å². The standard InChI is InChI=1S/C22H37NO2/c1-14(2)9-8-10-16(4)19-13-20(23-18(6)24)25-21-17(5)15(3)11-12-22(19,21)7/h9,16,19-21H,8,10-13H2,1-7H3,(H,23,24)/t16?,19-,20?,21?,22+/m0/s1. The van der Waals surface area contributed by atoms with Crippen LogP contribution in [0.4, 0.5) is 0 Å². The van der Waals surface area contributed by atoms with Gasteiger partial charge < -0.3 is 10.1 Å². The molecule has 3 unspecified atom stereocenters. The van der Waals surface area contributed by atoms with Crippen molar-refractivity contribution >= 4 is 5.91 Å². The van der Waals surface area contributed by atoms with E-state index >= 15 is 0 Å². The highest BCUT2D eigenvalue weighted by atomic mass is 16.5. The van der Waals surface area contributed by atoms with Crippen molar-refractivity contribution in [2.75, 3.05) is 0 Å². The average Bonchev–Trinajstić information content (AvgIpc) is 2.51. The second-order valence-electron chi connectivity index (χ2n) is 8.85. The number of amides is 1. The van der Waals surface area contributed by atoms with Gasteiger partial charge in [-0.1, -0.05) is 31.1 Å². The summed E-state index contributed by atoms with van der Waals surface area (Å²) >= 11 is 0. The summed E-state index contributed by atoms with van der Waals surface area (Å²) in [6.07, 6.45) is 7.93. The van der Waals surface area contributed by atoms with E-state index in [1.54, 1.807) is 6.92 Å². The van der Waals surface area contributed by atoms with Gasteiger partial charge in [0.05, 0.1) is 6.10 Å². The largest absolute Gasteiger partial charge is 0.350 e. The SMILES string of the molecule is CC(=O)NC1C[C@@H](C(C)CCC=C(C)C)[C@@]2(C)CCC(C)=C(C)C2O1. The molecule has 3 nitrogen and oxygen atoms in total. The third kappa shape index (κ3) is 4.55. The molecular formula is C22H37NO2. The minimum atomic E-state index is -0.160. The molecule has 1 amide bonds. The molecule has 5 atom stereocenters. The van der Waals surface area contributed by atoms with Crippen molar-refractivity contribution in [1.29, 1.82) is 0 Å². The molecule has 2 rings (SSSR count). The molecule has 0 bridgehead atoms. The fourth-order valence-corrected chi connectivity index (χ4v) is 4.90. The first kappa shape index (κ1) is 20.2. The van der Waals surface area contributed by atoms with E-state index in [9.17, 15) is 4.79 Å². The van der Waals surface area contributed by atoms with E-state index in [0.717, 1.165) is 12.8 Å². The lowest BCUT2D eigenvalue weighted by Gasteiger charge is -2.54. The lowest BCUT2D eigenvalue weighted by Crippen LogP contribution is -2.56. The number of carbonyl (C=O) groups excluding carboxylic acids is 1. The van der Waals surface area contributed by atoms with E-state index in [4.69, 9.17) is 4.74 Å². The van der Waals surface area contributed by atoms with Gasteiger partial charge in [-0.2, -0.15) is 0 Å². The average molecular weight is 348 g/mol. The van der Waals surface area contributed by atoms with Crippen molar-refractivity contribution in [3.05, 3.63) is 22.8 Å². The van der Waals surface area contributed by atoms with Gasteiger partial charge in [-0.15, -0.1) is 0 Å². The lowest BCUT2D eigenvalue weighted by molar-refractivity contribution is -0.170. The van der Waals surface area contributed by atoms with Crippen molar-refractivity contribution in [2.24, 2.45) is 17.3 Å². The van der Waals surface area contributed by atoms with E-state index in [2.05, 4.69) is 52.9 Å². The van der Waals surface area contributed by atoms with Gasteiger partial charge in [-0.05, 0) is 77.2 Å². The molecule has 1 saturated heterocycles. The van der Waals surface area contributed by atoms with Crippen LogP contribution in [0.2, 0.25) is 0 Å². The number of fused-ring (bicyclic) bond motifs is 1. The normalized spacial score (nSPS) is 33.5. The highest BCUT2D eigenvalue weighted by molar-refractivity contribution is 5.73. The van der Waals surface area contributed by atoms with Crippen LogP contribution < -0.4 is 5.32 Å².